The molecular weight excluding hydrogens is 394 g/mol. The van der Waals surface area contributed by atoms with Crippen LogP contribution in [0.5, 0.6) is 17.2 Å². The molecular formula is C21H18ClN3O2S. The molecule has 3 aromatic carbocycles. The van der Waals surface area contributed by atoms with Crippen LogP contribution >= 0.6 is 23.5 Å². The monoisotopic (exact) mass is 411 g/mol. The lowest BCUT2D eigenvalue weighted by molar-refractivity contribution is 0.414. The minimum atomic E-state index is 0.544. The van der Waals surface area contributed by atoms with E-state index >= 15 is 0 Å². The van der Waals surface area contributed by atoms with Crippen LogP contribution in [0.4, 0.5) is 5.69 Å². The van der Waals surface area contributed by atoms with Gasteiger partial charge in [-0.05, 0) is 53.9 Å². The SMILES string of the molecule is COc1ccc(CN=C2NSc3cccc(Oc4ccccc4Cl)c3N2)cc1. The van der Waals surface area contributed by atoms with E-state index in [0.29, 0.717) is 29.0 Å². The standard InChI is InChI=1S/C21H18ClN3O2S/c1-26-15-11-9-14(10-12-15)13-23-21-24-20-18(7-4-8-19(20)28-25-21)27-17-6-3-2-5-16(17)22/h2-12H,13H2,1H3,(H2,23,24,25). The minimum Gasteiger partial charge on any atom is -0.497 e. The summed E-state index contributed by atoms with van der Waals surface area (Å²) in [7, 11) is 1.65. The Morgan fingerprint density at radius 3 is 2.54 bits per heavy atom. The first-order chi connectivity index (χ1) is 13.7. The predicted molar refractivity (Wildman–Crippen MR) is 115 cm³/mol. The summed E-state index contributed by atoms with van der Waals surface area (Å²) < 4.78 is 14.4. The van der Waals surface area contributed by atoms with Crippen molar-refractivity contribution in [2.75, 3.05) is 12.4 Å². The Morgan fingerprint density at radius 2 is 1.75 bits per heavy atom. The number of ether oxygens (including phenoxy) is 2. The average Bonchev–Trinajstić information content (AvgIpc) is 2.74. The molecule has 0 saturated heterocycles. The summed E-state index contributed by atoms with van der Waals surface area (Å²) in [5, 5.41) is 3.89. The Balaban J connectivity index is 1.53. The molecule has 0 radical (unpaired) electrons. The molecule has 0 bridgehead atoms. The lowest BCUT2D eigenvalue weighted by atomic mass is 10.2. The van der Waals surface area contributed by atoms with Gasteiger partial charge in [0.1, 0.15) is 11.5 Å². The lowest BCUT2D eigenvalue weighted by Gasteiger charge is -2.23. The Morgan fingerprint density at radius 1 is 0.964 bits per heavy atom. The van der Waals surface area contributed by atoms with Gasteiger partial charge in [0.05, 0.1) is 29.3 Å². The highest BCUT2D eigenvalue weighted by Gasteiger charge is 2.19. The molecule has 0 aliphatic carbocycles. The molecule has 3 aromatic rings. The number of halogens is 1. The number of aliphatic imine (C=N–C) groups is 1. The van der Waals surface area contributed by atoms with Crippen molar-refractivity contribution in [3.63, 3.8) is 0 Å². The van der Waals surface area contributed by atoms with Gasteiger partial charge in [-0.15, -0.1) is 0 Å². The number of para-hydroxylation sites is 2. The van der Waals surface area contributed by atoms with Gasteiger partial charge >= 0.3 is 0 Å². The quantitative estimate of drug-likeness (QED) is 0.526. The number of fused-ring (bicyclic) bond motifs is 1. The zero-order valence-electron chi connectivity index (χ0n) is 15.1. The fourth-order valence-corrected chi connectivity index (χ4v) is 3.57. The highest BCUT2D eigenvalue weighted by atomic mass is 35.5. The zero-order valence-corrected chi connectivity index (χ0v) is 16.7. The van der Waals surface area contributed by atoms with Crippen molar-refractivity contribution in [1.82, 2.24) is 4.72 Å². The van der Waals surface area contributed by atoms with Crippen molar-refractivity contribution in [2.45, 2.75) is 11.4 Å². The van der Waals surface area contributed by atoms with E-state index in [1.807, 2.05) is 60.7 Å². The van der Waals surface area contributed by atoms with Crippen LogP contribution in [0.1, 0.15) is 5.56 Å². The maximum absolute atomic E-state index is 6.23. The van der Waals surface area contributed by atoms with Crippen molar-refractivity contribution in [1.29, 1.82) is 0 Å². The molecule has 0 fully saturated rings. The van der Waals surface area contributed by atoms with Gasteiger partial charge in [-0.25, -0.2) is 4.99 Å². The van der Waals surface area contributed by atoms with Gasteiger partial charge in [0.2, 0.25) is 5.96 Å². The van der Waals surface area contributed by atoms with Gasteiger partial charge in [0.15, 0.2) is 5.75 Å². The predicted octanol–water partition coefficient (Wildman–Crippen LogP) is 5.72. The first-order valence-corrected chi connectivity index (χ1v) is 9.85. The van der Waals surface area contributed by atoms with Crippen LogP contribution in [0, 0.1) is 0 Å². The summed E-state index contributed by atoms with van der Waals surface area (Å²) in [4.78, 5) is 5.65. The molecule has 0 saturated carbocycles. The highest BCUT2D eigenvalue weighted by molar-refractivity contribution is 7.98. The number of hydrogen-bond donors (Lipinski definition) is 2. The van der Waals surface area contributed by atoms with E-state index in [2.05, 4.69) is 15.0 Å². The molecule has 0 aromatic heterocycles. The van der Waals surface area contributed by atoms with Gasteiger partial charge in [-0.3, -0.25) is 4.72 Å². The van der Waals surface area contributed by atoms with Gasteiger partial charge < -0.3 is 14.8 Å². The topological polar surface area (TPSA) is 54.9 Å². The van der Waals surface area contributed by atoms with E-state index in [-0.39, 0.29) is 0 Å². The number of anilines is 1. The fraction of sp³-hybridized carbons (Fsp3) is 0.0952. The average molecular weight is 412 g/mol. The van der Waals surface area contributed by atoms with Crippen LogP contribution in [0.15, 0.2) is 76.6 Å². The molecule has 0 spiro atoms. The summed E-state index contributed by atoms with van der Waals surface area (Å²) in [6.07, 6.45) is 0. The van der Waals surface area contributed by atoms with Crippen LogP contribution in [0.25, 0.3) is 0 Å². The van der Waals surface area contributed by atoms with Crippen LogP contribution in [0.2, 0.25) is 5.02 Å². The first kappa shape index (κ1) is 18.5. The maximum Gasteiger partial charge on any atom is 0.206 e. The van der Waals surface area contributed by atoms with Gasteiger partial charge in [0, 0.05) is 0 Å². The summed E-state index contributed by atoms with van der Waals surface area (Å²) in [5.41, 5.74) is 1.95. The molecule has 1 aliphatic rings. The summed E-state index contributed by atoms with van der Waals surface area (Å²) in [6, 6.07) is 21.1. The number of nitrogens with one attached hydrogen (secondary N) is 2. The fourth-order valence-electron chi connectivity index (χ4n) is 2.67. The number of methoxy groups -OCH3 is 1. The van der Waals surface area contributed by atoms with E-state index in [1.165, 1.54) is 11.9 Å². The lowest BCUT2D eigenvalue weighted by Crippen LogP contribution is -2.29. The number of hydrogen-bond acceptors (Lipinski definition) is 4. The molecule has 1 aliphatic heterocycles. The number of guanidine groups is 1. The van der Waals surface area contributed by atoms with Gasteiger partial charge in [-0.1, -0.05) is 41.9 Å². The second kappa shape index (κ2) is 8.46. The van der Waals surface area contributed by atoms with E-state index < -0.39 is 0 Å². The zero-order chi connectivity index (χ0) is 19.3. The Bertz CT molecular complexity index is 1010. The summed E-state index contributed by atoms with van der Waals surface area (Å²) in [5.74, 6) is 2.80. The van der Waals surface area contributed by atoms with Crippen molar-refractivity contribution < 1.29 is 9.47 Å². The largest absolute Gasteiger partial charge is 0.497 e. The summed E-state index contributed by atoms with van der Waals surface area (Å²) in [6.45, 7) is 0.544. The minimum absolute atomic E-state index is 0.544. The smallest absolute Gasteiger partial charge is 0.206 e. The molecule has 4 rings (SSSR count). The van der Waals surface area contributed by atoms with Crippen LogP contribution < -0.4 is 19.5 Å². The molecule has 142 valence electrons. The molecule has 7 heteroatoms. The normalized spacial score (nSPS) is 14.0. The molecule has 28 heavy (non-hydrogen) atoms. The van der Waals surface area contributed by atoms with Crippen molar-refractivity contribution in [2.24, 2.45) is 4.99 Å². The van der Waals surface area contributed by atoms with Crippen LogP contribution in [-0.2, 0) is 6.54 Å². The van der Waals surface area contributed by atoms with Crippen LogP contribution in [0.3, 0.4) is 0 Å². The van der Waals surface area contributed by atoms with Crippen molar-refractivity contribution in [3.05, 3.63) is 77.3 Å². The second-order valence-corrected chi connectivity index (χ2v) is 7.26. The maximum atomic E-state index is 6.23. The third-order valence-electron chi connectivity index (χ3n) is 4.12. The Labute approximate surface area is 172 Å². The summed E-state index contributed by atoms with van der Waals surface area (Å²) >= 11 is 7.72. The van der Waals surface area contributed by atoms with Gasteiger partial charge in [0.25, 0.3) is 0 Å². The number of benzene rings is 3. The first-order valence-electron chi connectivity index (χ1n) is 8.65. The second-order valence-electron chi connectivity index (χ2n) is 6.00. The van der Waals surface area contributed by atoms with E-state index in [0.717, 1.165) is 21.9 Å². The van der Waals surface area contributed by atoms with Crippen LogP contribution in [-0.4, -0.2) is 13.1 Å². The Kier molecular flexibility index (Phi) is 5.60. The molecule has 2 N–H and O–H groups in total. The molecule has 1 heterocycles. The number of rotatable bonds is 5. The van der Waals surface area contributed by atoms with E-state index in [4.69, 9.17) is 21.1 Å². The Hall–Kier alpha value is -2.83. The molecule has 0 amide bonds. The van der Waals surface area contributed by atoms with Crippen molar-refractivity contribution in [3.8, 4) is 17.2 Å². The van der Waals surface area contributed by atoms with Gasteiger partial charge in [-0.2, -0.15) is 0 Å². The molecule has 0 unspecified atom stereocenters. The third-order valence-corrected chi connectivity index (χ3v) is 5.29. The number of nitrogens with zero attached hydrogens (tertiary/aromatic N) is 1. The molecule has 5 nitrogen and oxygen atoms in total. The van der Waals surface area contributed by atoms with E-state index in [1.54, 1.807) is 13.2 Å². The molecule has 0 atom stereocenters. The third kappa shape index (κ3) is 4.18. The van der Waals surface area contributed by atoms with E-state index in [9.17, 15) is 0 Å². The van der Waals surface area contributed by atoms with Crippen molar-refractivity contribution >= 4 is 35.2 Å². The highest BCUT2D eigenvalue weighted by Crippen LogP contribution is 2.40.